The number of aliphatic hydroxyl groups excluding tert-OH is 1. The Morgan fingerprint density at radius 3 is 2.05 bits per heavy atom. The van der Waals surface area contributed by atoms with Crippen LogP contribution >= 0.6 is 0 Å². The number of para-hydroxylation sites is 1. The number of fused-ring (bicyclic) bond motifs is 1. The molecule has 0 aliphatic carbocycles. The highest BCUT2D eigenvalue weighted by Gasteiger charge is 2.31. The number of carboxylic acids is 3. The fourth-order valence-electron chi connectivity index (χ4n) is 3.56. The first-order valence-corrected chi connectivity index (χ1v) is 11.4. The molecule has 2 aromatic rings. The van der Waals surface area contributed by atoms with E-state index in [2.05, 4.69) is 15.6 Å². The highest BCUT2D eigenvalue weighted by molar-refractivity contribution is 5.95. The minimum Gasteiger partial charge on any atom is -0.481 e. The maximum atomic E-state index is 12.8. The van der Waals surface area contributed by atoms with Gasteiger partial charge >= 0.3 is 17.9 Å². The first-order valence-electron chi connectivity index (χ1n) is 11.4. The van der Waals surface area contributed by atoms with Crippen molar-refractivity contribution in [2.24, 2.45) is 5.73 Å². The highest BCUT2D eigenvalue weighted by atomic mass is 16.4. The zero-order chi connectivity index (χ0) is 28.4. The first kappa shape index (κ1) is 29.7. The number of carboxylic acid groups (broad SMARTS) is 3. The predicted octanol–water partition coefficient (Wildman–Crippen LogP) is -2.09. The van der Waals surface area contributed by atoms with Gasteiger partial charge in [0.25, 0.3) is 0 Å². The summed E-state index contributed by atoms with van der Waals surface area (Å²) in [6.07, 6.45) is -0.107. The molecule has 1 aromatic carbocycles. The average Bonchev–Trinajstić information content (AvgIpc) is 3.26. The maximum absolute atomic E-state index is 12.8. The number of aliphatic carboxylic acids is 3. The Balaban J connectivity index is 2.09. The number of amides is 3. The number of carbonyl (C=O) groups is 6. The van der Waals surface area contributed by atoms with Crippen molar-refractivity contribution >= 4 is 46.5 Å². The molecule has 10 N–H and O–H groups in total. The Labute approximate surface area is 215 Å². The number of aromatic nitrogens is 1. The third-order valence-electron chi connectivity index (χ3n) is 5.54. The lowest BCUT2D eigenvalue weighted by Crippen LogP contribution is -2.58. The summed E-state index contributed by atoms with van der Waals surface area (Å²) in [4.78, 5) is 74.0. The summed E-state index contributed by atoms with van der Waals surface area (Å²) in [5, 5.41) is 43.6. The van der Waals surface area contributed by atoms with Crippen molar-refractivity contribution in [2.45, 2.75) is 49.9 Å². The predicted molar refractivity (Wildman–Crippen MR) is 130 cm³/mol. The molecule has 3 amide bonds. The molecule has 0 spiro atoms. The van der Waals surface area contributed by atoms with Gasteiger partial charge in [-0.05, 0) is 24.5 Å². The van der Waals surface area contributed by atoms with Crippen molar-refractivity contribution in [3.63, 3.8) is 0 Å². The van der Waals surface area contributed by atoms with Crippen LogP contribution in [0.4, 0.5) is 0 Å². The third-order valence-corrected chi connectivity index (χ3v) is 5.54. The topological polar surface area (TPSA) is 261 Å². The maximum Gasteiger partial charge on any atom is 0.326 e. The van der Waals surface area contributed by atoms with Crippen LogP contribution in [0, 0.1) is 0 Å². The SMILES string of the molecule is NC(Cc1c[nH]c2ccccc12)C(=O)NC(CCC(=O)O)C(=O)NC(CO)C(=O)NC(CC(=O)O)C(=O)O. The van der Waals surface area contributed by atoms with Crippen molar-refractivity contribution in [1.29, 1.82) is 0 Å². The van der Waals surface area contributed by atoms with Crippen LogP contribution in [0.5, 0.6) is 0 Å². The molecular formula is C23H29N5O10. The fraction of sp³-hybridized carbons (Fsp3) is 0.391. The van der Waals surface area contributed by atoms with Gasteiger partial charge in [0.1, 0.15) is 18.1 Å². The molecule has 2 rings (SSSR count). The molecule has 38 heavy (non-hydrogen) atoms. The molecule has 0 saturated heterocycles. The molecule has 0 saturated carbocycles. The minimum atomic E-state index is -1.84. The monoisotopic (exact) mass is 535 g/mol. The van der Waals surface area contributed by atoms with Crippen LogP contribution in [0.1, 0.15) is 24.8 Å². The smallest absolute Gasteiger partial charge is 0.326 e. The van der Waals surface area contributed by atoms with Gasteiger partial charge in [-0.15, -0.1) is 0 Å². The summed E-state index contributed by atoms with van der Waals surface area (Å²) in [5.41, 5.74) is 7.59. The van der Waals surface area contributed by atoms with E-state index in [1.165, 1.54) is 0 Å². The number of hydrogen-bond acceptors (Lipinski definition) is 8. The number of aromatic amines is 1. The van der Waals surface area contributed by atoms with Gasteiger partial charge < -0.3 is 47.1 Å². The highest BCUT2D eigenvalue weighted by Crippen LogP contribution is 2.18. The Morgan fingerprint density at radius 1 is 0.842 bits per heavy atom. The molecule has 0 radical (unpaired) electrons. The van der Waals surface area contributed by atoms with E-state index in [1.807, 2.05) is 29.6 Å². The number of nitrogens with one attached hydrogen (secondary N) is 4. The van der Waals surface area contributed by atoms with Gasteiger partial charge in [0.05, 0.1) is 19.1 Å². The second-order valence-corrected chi connectivity index (χ2v) is 8.40. The number of aliphatic hydroxyl groups is 1. The summed E-state index contributed by atoms with van der Waals surface area (Å²) in [6.45, 7) is -1.00. The van der Waals surface area contributed by atoms with Crippen LogP contribution in [-0.4, -0.2) is 91.8 Å². The van der Waals surface area contributed by atoms with E-state index in [9.17, 15) is 33.9 Å². The van der Waals surface area contributed by atoms with Gasteiger partial charge in [-0.2, -0.15) is 0 Å². The summed E-state index contributed by atoms with van der Waals surface area (Å²) in [6, 6.07) is 1.16. The molecule has 1 aromatic heterocycles. The number of hydrogen-bond donors (Lipinski definition) is 9. The quantitative estimate of drug-likeness (QED) is 0.119. The molecule has 0 fully saturated rings. The average molecular weight is 536 g/mol. The molecule has 15 heteroatoms. The van der Waals surface area contributed by atoms with Crippen molar-refractivity contribution in [2.75, 3.05) is 6.61 Å². The molecule has 0 bridgehead atoms. The van der Waals surface area contributed by atoms with E-state index in [-0.39, 0.29) is 12.8 Å². The van der Waals surface area contributed by atoms with Crippen molar-refractivity contribution in [3.8, 4) is 0 Å². The Bertz CT molecular complexity index is 1200. The summed E-state index contributed by atoms with van der Waals surface area (Å²) < 4.78 is 0. The molecule has 0 aliphatic rings. The van der Waals surface area contributed by atoms with E-state index < -0.39 is 79.2 Å². The molecular weight excluding hydrogens is 506 g/mol. The van der Waals surface area contributed by atoms with Crippen molar-refractivity contribution < 1.29 is 49.2 Å². The minimum absolute atomic E-state index is 0.0882. The number of benzene rings is 1. The van der Waals surface area contributed by atoms with Crippen LogP contribution in [0.25, 0.3) is 10.9 Å². The lowest BCUT2D eigenvalue weighted by molar-refractivity contribution is -0.147. The Hall–Kier alpha value is -4.50. The molecule has 4 unspecified atom stereocenters. The summed E-state index contributed by atoms with van der Waals surface area (Å²) in [7, 11) is 0. The van der Waals surface area contributed by atoms with Crippen LogP contribution in [0.3, 0.4) is 0 Å². The van der Waals surface area contributed by atoms with Gasteiger partial charge in [0, 0.05) is 23.5 Å². The van der Waals surface area contributed by atoms with Gasteiger partial charge in [-0.25, -0.2) is 4.79 Å². The van der Waals surface area contributed by atoms with E-state index in [0.717, 1.165) is 16.5 Å². The van der Waals surface area contributed by atoms with E-state index in [4.69, 9.17) is 21.1 Å². The van der Waals surface area contributed by atoms with Crippen LogP contribution in [0.2, 0.25) is 0 Å². The lowest BCUT2D eigenvalue weighted by atomic mass is 10.0. The van der Waals surface area contributed by atoms with Gasteiger partial charge in [0.2, 0.25) is 17.7 Å². The summed E-state index contributed by atoms with van der Waals surface area (Å²) in [5.74, 6) is -7.46. The van der Waals surface area contributed by atoms with Crippen molar-refractivity contribution in [3.05, 3.63) is 36.0 Å². The summed E-state index contributed by atoms with van der Waals surface area (Å²) >= 11 is 0. The molecule has 4 atom stereocenters. The van der Waals surface area contributed by atoms with E-state index >= 15 is 0 Å². The zero-order valence-electron chi connectivity index (χ0n) is 20.0. The van der Waals surface area contributed by atoms with Gasteiger partial charge in [-0.1, -0.05) is 18.2 Å². The van der Waals surface area contributed by atoms with Crippen LogP contribution in [-0.2, 0) is 35.2 Å². The number of carbonyl (C=O) groups excluding carboxylic acids is 3. The number of H-pyrrole nitrogens is 1. The van der Waals surface area contributed by atoms with Crippen LogP contribution in [0.15, 0.2) is 30.5 Å². The second-order valence-electron chi connectivity index (χ2n) is 8.40. The van der Waals surface area contributed by atoms with Gasteiger partial charge in [-0.3, -0.25) is 24.0 Å². The number of rotatable bonds is 15. The molecule has 15 nitrogen and oxygen atoms in total. The number of nitrogens with two attached hydrogens (primary N) is 1. The van der Waals surface area contributed by atoms with Crippen molar-refractivity contribution in [1.82, 2.24) is 20.9 Å². The molecule has 206 valence electrons. The fourth-order valence-corrected chi connectivity index (χ4v) is 3.56. The second kappa shape index (κ2) is 13.7. The third kappa shape index (κ3) is 8.56. The Morgan fingerprint density at radius 2 is 1.45 bits per heavy atom. The van der Waals surface area contributed by atoms with Crippen LogP contribution < -0.4 is 21.7 Å². The molecule has 1 heterocycles. The lowest BCUT2D eigenvalue weighted by Gasteiger charge is -2.24. The van der Waals surface area contributed by atoms with E-state index in [1.54, 1.807) is 6.20 Å². The largest absolute Gasteiger partial charge is 0.481 e. The standard InChI is InChI=1S/C23H29N5O10/c24-13(7-11-9-25-14-4-2-1-3-12(11)14)20(34)26-15(5-6-18(30)31)21(35)28-17(10-29)22(36)27-16(23(37)38)8-19(32)33/h1-4,9,13,15-17,25,29H,5-8,10,24H2,(H,26,34)(H,27,36)(H,28,35)(H,30,31)(H,32,33)(H,37,38). The van der Waals surface area contributed by atoms with E-state index in [0.29, 0.717) is 0 Å². The zero-order valence-corrected chi connectivity index (χ0v) is 20.0. The van der Waals surface area contributed by atoms with Gasteiger partial charge in [0.15, 0.2) is 0 Å². The first-order chi connectivity index (χ1) is 17.9. The normalized spacial score (nSPS) is 14.1. The Kier molecular flexibility index (Phi) is 10.7. The molecule has 0 aliphatic heterocycles.